The molecule has 284 valence electrons. The summed E-state index contributed by atoms with van der Waals surface area (Å²) in [6, 6.07) is 9.00. The van der Waals surface area contributed by atoms with Gasteiger partial charge in [0.15, 0.2) is 0 Å². The minimum atomic E-state index is -5.44. The molecule has 1 fully saturated rings. The molecule has 1 N–H and O–H groups in total. The van der Waals surface area contributed by atoms with Crippen molar-refractivity contribution in [3.05, 3.63) is 59.7 Å². The zero-order chi connectivity index (χ0) is 37.8. The van der Waals surface area contributed by atoms with Gasteiger partial charge in [0.1, 0.15) is 0 Å². The Balaban J connectivity index is 0.00000112. The highest BCUT2D eigenvalue weighted by Crippen LogP contribution is 2.31. The molecule has 0 unspecified atom stereocenters. The topological polar surface area (TPSA) is 140 Å². The molecule has 0 amide bonds. The van der Waals surface area contributed by atoms with E-state index < -0.39 is 52.6 Å². The molecular formula is C28H33F9N2O9S2. The fourth-order valence-corrected chi connectivity index (χ4v) is 5.59. The smallest absolute Gasteiger partial charge is 0.475 e. The number of sulfone groups is 2. The van der Waals surface area contributed by atoms with Crippen molar-refractivity contribution in [2.24, 2.45) is 0 Å². The van der Waals surface area contributed by atoms with Crippen LogP contribution in [0.15, 0.2) is 58.3 Å². The predicted molar refractivity (Wildman–Crippen MR) is 156 cm³/mol. The lowest BCUT2D eigenvalue weighted by molar-refractivity contribution is -0.192. The van der Waals surface area contributed by atoms with E-state index in [1.54, 1.807) is 0 Å². The first-order valence-electron chi connectivity index (χ1n) is 14.3. The fraction of sp³-hybridized carbons (Fsp3) is 0.536. The van der Waals surface area contributed by atoms with Gasteiger partial charge in [-0.2, -0.15) is 39.5 Å². The minimum absolute atomic E-state index is 0.300. The van der Waals surface area contributed by atoms with E-state index in [0.717, 1.165) is 24.3 Å². The first-order valence-corrected chi connectivity index (χ1v) is 17.3. The number of nitrogens with zero attached hydrogens (tertiary/aromatic N) is 2. The number of carbonyl (C=O) groups is 1. The maximum Gasteiger partial charge on any atom is 0.501 e. The zero-order valence-corrected chi connectivity index (χ0v) is 27.6. The Morgan fingerprint density at radius 1 is 0.560 bits per heavy atom. The highest BCUT2D eigenvalue weighted by Gasteiger charge is 2.47. The molecule has 0 aromatic heterocycles. The molecule has 1 aliphatic rings. The maximum absolute atomic E-state index is 12.8. The highest BCUT2D eigenvalue weighted by atomic mass is 32.2. The van der Waals surface area contributed by atoms with Gasteiger partial charge in [0.25, 0.3) is 19.7 Å². The minimum Gasteiger partial charge on any atom is -0.475 e. The van der Waals surface area contributed by atoms with Crippen LogP contribution in [0.5, 0.6) is 0 Å². The standard InChI is InChI=1S/C26H32F6N2O7S2.C2HF3O2/c27-25(28,29)42(35,36)23-5-1-21(2-6-23)19-33-9-13-39-14-10-34(12-16-41-18-17-40-15-11-33)20-22-3-7-24(8-4-22)43(37,38)26(30,31)32;3-2(4,5)1(6)7/h1-8H,9-20H2;(H,6,7). The summed E-state index contributed by atoms with van der Waals surface area (Å²) in [7, 11) is -10.9. The van der Waals surface area contributed by atoms with E-state index in [0.29, 0.717) is 90.0 Å². The Morgan fingerprint density at radius 2 is 0.820 bits per heavy atom. The molecule has 0 atom stereocenters. The number of carboxylic acids is 1. The van der Waals surface area contributed by atoms with E-state index in [-0.39, 0.29) is 0 Å². The molecule has 2 aromatic carbocycles. The number of hydrogen-bond donors (Lipinski definition) is 1. The van der Waals surface area contributed by atoms with Crippen molar-refractivity contribution in [3.63, 3.8) is 0 Å². The molecule has 2 aromatic rings. The van der Waals surface area contributed by atoms with Crippen molar-refractivity contribution < 1.29 is 80.5 Å². The Kier molecular flexibility index (Phi) is 15.9. The molecular weight excluding hydrogens is 743 g/mol. The molecule has 22 heteroatoms. The van der Waals surface area contributed by atoms with E-state index in [4.69, 9.17) is 24.1 Å². The van der Waals surface area contributed by atoms with Crippen LogP contribution in [0.25, 0.3) is 0 Å². The Labute approximate surface area is 281 Å². The molecule has 1 heterocycles. The fourth-order valence-electron chi connectivity index (χ4n) is 4.07. The maximum atomic E-state index is 12.8. The number of rotatable bonds is 6. The van der Waals surface area contributed by atoms with Crippen LogP contribution in [0.4, 0.5) is 39.5 Å². The van der Waals surface area contributed by atoms with Crippen molar-refractivity contribution >= 4 is 25.6 Å². The summed E-state index contributed by atoms with van der Waals surface area (Å²) in [6.45, 7) is 4.35. The summed E-state index contributed by atoms with van der Waals surface area (Å²) in [5.74, 6) is -2.76. The summed E-state index contributed by atoms with van der Waals surface area (Å²) in [6.07, 6.45) is -5.08. The van der Waals surface area contributed by atoms with Crippen LogP contribution < -0.4 is 0 Å². The van der Waals surface area contributed by atoms with E-state index in [2.05, 4.69) is 0 Å². The summed E-state index contributed by atoms with van der Waals surface area (Å²) in [5.41, 5.74) is -9.58. The van der Waals surface area contributed by atoms with Crippen LogP contribution in [-0.4, -0.2) is 121 Å². The largest absolute Gasteiger partial charge is 0.501 e. The second-order valence-electron chi connectivity index (χ2n) is 10.4. The van der Waals surface area contributed by atoms with Crippen molar-refractivity contribution in [3.8, 4) is 0 Å². The summed E-state index contributed by atoms with van der Waals surface area (Å²) >= 11 is 0. The van der Waals surface area contributed by atoms with E-state index >= 15 is 0 Å². The van der Waals surface area contributed by atoms with E-state index in [1.165, 1.54) is 24.3 Å². The molecule has 1 saturated heterocycles. The quantitative estimate of drug-likeness (QED) is 0.421. The molecule has 0 bridgehead atoms. The van der Waals surface area contributed by atoms with Crippen molar-refractivity contribution in [1.29, 1.82) is 0 Å². The van der Waals surface area contributed by atoms with Gasteiger partial charge in [0.2, 0.25) is 0 Å². The molecule has 0 aliphatic carbocycles. The van der Waals surface area contributed by atoms with E-state index in [1.807, 2.05) is 9.80 Å². The second-order valence-corrected chi connectivity index (χ2v) is 14.3. The third-order valence-corrected chi connectivity index (χ3v) is 9.72. The van der Waals surface area contributed by atoms with Gasteiger partial charge in [0.05, 0.1) is 49.4 Å². The average Bonchev–Trinajstić information content (AvgIpc) is 3.01. The molecule has 50 heavy (non-hydrogen) atoms. The predicted octanol–water partition coefficient (Wildman–Crippen LogP) is 4.27. The number of halogens is 9. The lowest BCUT2D eigenvalue weighted by Crippen LogP contribution is -2.33. The van der Waals surface area contributed by atoms with Crippen molar-refractivity contribution in [2.75, 3.05) is 65.8 Å². The Hall–Kier alpha value is -3.02. The molecule has 0 saturated carbocycles. The van der Waals surface area contributed by atoms with Crippen molar-refractivity contribution in [2.45, 2.75) is 40.1 Å². The van der Waals surface area contributed by atoms with E-state index in [9.17, 15) is 56.3 Å². The van der Waals surface area contributed by atoms with Gasteiger partial charge in [-0.05, 0) is 35.4 Å². The van der Waals surface area contributed by atoms with Crippen LogP contribution in [0.2, 0.25) is 0 Å². The first-order chi connectivity index (χ1) is 23.1. The molecule has 0 spiro atoms. The van der Waals surface area contributed by atoms with Gasteiger partial charge in [-0.25, -0.2) is 21.6 Å². The number of aliphatic carboxylic acids is 1. The van der Waals surface area contributed by atoms with Crippen LogP contribution in [0, 0.1) is 0 Å². The van der Waals surface area contributed by atoms with Crippen LogP contribution in [0.1, 0.15) is 11.1 Å². The number of benzene rings is 2. The SMILES string of the molecule is O=C(O)C(F)(F)F.O=S(=O)(c1ccc(CN2CCOCCOCCN(Cc3ccc(S(=O)(=O)C(F)(F)F)cc3)CCOCC2)cc1)C(F)(F)F. The van der Waals surface area contributed by atoms with Gasteiger partial charge >= 0.3 is 23.2 Å². The van der Waals surface area contributed by atoms with Gasteiger partial charge in [-0.1, -0.05) is 24.3 Å². The number of carboxylic acid groups (broad SMARTS) is 1. The van der Waals surface area contributed by atoms with Crippen LogP contribution in [0.3, 0.4) is 0 Å². The molecule has 11 nitrogen and oxygen atoms in total. The third kappa shape index (κ3) is 13.6. The Bertz CT molecular complexity index is 1460. The molecule has 0 radical (unpaired) electrons. The summed E-state index contributed by atoms with van der Waals surface area (Å²) < 4.78 is 172. The monoisotopic (exact) mass is 776 g/mol. The average molecular weight is 777 g/mol. The second kappa shape index (κ2) is 18.5. The van der Waals surface area contributed by atoms with Gasteiger partial charge < -0.3 is 19.3 Å². The van der Waals surface area contributed by atoms with Gasteiger partial charge in [-0.3, -0.25) is 9.80 Å². The highest BCUT2D eigenvalue weighted by molar-refractivity contribution is 7.92. The first kappa shape index (κ1) is 43.1. The summed E-state index contributed by atoms with van der Waals surface area (Å²) in [5, 5.41) is 7.12. The Morgan fingerprint density at radius 3 is 1.06 bits per heavy atom. The van der Waals surface area contributed by atoms with Crippen LogP contribution >= 0.6 is 0 Å². The lowest BCUT2D eigenvalue weighted by Gasteiger charge is -2.24. The van der Waals surface area contributed by atoms with Gasteiger partial charge in [-0.15, -0.1) is 0 Å². The number of alkyl halides is 9. The van der Waals surface area contributed by atoms with Crippen LogP contribution in [-0.2, 0) is 51.8 Å². The summed E-state index contributed by atoms with van der Waals surface area (Å²) in [4.78, 5) is 11.1. The molecule has 3 rings (SSSR count). The molecule has 1 aliphatic heterocycles. The lowest BCUT2D eigenvalue weighted by atomic mass is 10.2. The zero-order valence-electron chi connectivity index (χ0n) is 25.9. The third-order valence-electron chi connectivity index (χ3n) is 6.71. The normalized spacial score (nSPS) is 17.5. The van der Waals surface area contributed by atoms with Gasteiger partial charge in [0, 0.05) is 39.3 Å². The number of ether oxygens (including phenoxy) is 3. The number of hydrogen-bond acceptors (Lipinski definition) is 10. The van der Waals surface area contributed by atoms with Crippen molar-refractivity contribution in [1.82, 2.24) is 9.80 Å².